The Morgan fingerprint density at radius 2 is 1.86 bits per heavy atom. The highest BCUT2D eigenvalue weighted by atomic mass is 19.1. The van der Waals surface area contributed by atoms with Crippen LogP contribution in [0, 0.1) is 6.92 Å². The summed E-state index contributed by atoms with van der Waals surface area (Å²) in [6.45, 7) is 8.84. The zero-order chi connectivity index (χ0) is 10.6. The van der Waals surface area contributed by atoms with Crippen LogP contribution in [-0.2, 0) is 0 Å². The van der Waals surface area contributed by atoms with Crippen LogP contribution in [0.25, 0.3) is 5.57 Å². The zero-order valence-electron chi connectivity index (χ0n) is 8.26. The third-order valence-corrected chi connectivity index (χ3v) is 1.92. The van der Waals surface area contributed by atoms with Gasteiger partial charge in [0.1, 0.15) is 5.83 Å². The molecule has 0 aliphatic rings. The smallest absolute Gasteiger partial charge is 0.116 e. The normalized spacial score (nSPS) is 11.1. The third-order valence-electron chi connectivity index (χ3n) is 1.92. The number of hydrogen-bond donors (Lipinski definition) is 0. The van der Waals surface area contributed by atoms with Gasteiger partial charge < -0.3 is 0 Å². The minimum absolute atomic E-state index is 0.458. The summed E-state index contributed by atoms with van der Waals surface area (Å²) in [5, 5.41) is 0. The van der Waals surface area contributed by atoms with Crippen molar-refractivity contribution in [3.8, 4) is 0 Å². The van der Waals surface area contributed by atoms with Crippen LogP contribution in [0.1, 0.15) is 11.1 Å². The number of rotatable bonds is 3. The average molecular weight is 188 g/mol. The second-order valence-electron chi connectivity index (χ2n) is 3.12. The van der Waals surface area contributed by atoms with Crippen molar-refractivity contribution in [3.63, 3.8) is 0 Å². The van der Waals surface area contributed by atoms with Gasteiger partial charge in [-0.25, -0.2) is 4.39 Å². The van der Waals surface area contributed by atoms with Crippen LogP contribution in [-0.4, -0.2) is 0 Å². The number of allylic oxidation sites excluding steroid dienone is 4. The molecule has 0 saturated carbocycles. The molecule has 1 aromatic carbocycles. The summed E-state index contributed by atoms with van der Waals surface area (Å²) in [5.74, 6) is -0.458. The van der Waals surface area contributed by atoms with Gasteiger partial charge in [0.25, 0.3) is 0 Å². The lowest BCUT2D eigenvalue weighted by Crippen LogP contribution is -1.81. The fraction of sp³-hybridized carbons (Fsp3) is 0.0769. The zero-order valence-corrected chi connectivity index (χ0v) is 8.26. The summed E-state index contributed by atoms with van der Waals surface area (Å²) in [7, 11) is 0. The van der Waals surface area contributed by atoms with Gasteiger partial charge in [0.2, 0.25) is 0 Å². The monoisotopic (exact) mass is 188 g/mol. The molecule has 0 unspecified atom stereocenters. The molecule has 0 heterocycles. The Morgan fingerprint density at radius 1 is 1.29 bits per heavy atom. The van der Waals surface area contributed by atoms with E-state index < -0.39 is 5.83 Å². The fourth-order valence-corrected chi connectivity index (χ4v) is 1.17. The second-order valence-corrected chi connectivity index (χ2v) is 3.12. The van der Waals surface area contributed by atoms with E-state index in [1.54, 1.807) is 6.08 Å². The first-order valence-corrected chi connectivity index (χ1v) is 4.39. The first kappa shape index (κ1) is 10.5. The lowest BCUT2D eigenvalue weighted by molar-refractivity contribution is 0.672. The number of aryl methyl sites for hydroxylation is 1. The molecule has 0 aliphatic carbocycles. The van der Waals surface area contributed by atoms with E-state index in [2.05, 4.69) is 13.2 Å². The molecule has 1 heteroatoms. The number of halogens is 1. The van der Waals surface area contributed by atoms with Crippen molar-refractivity contribution < 1.29 is 4.39 Å². The predicted octanol–water partition coefficient (Wildman–Crippen LogP) is 4.05. The molecular weight excluding hydrogens is 175 g/mol. The second kappa shape index (κ2) is 4.56. The molecule has 1 rings (SSSR count). The maximum atomic E-state index is 12.6. The maximum Gasteiger partial charge on any atom is 0.116 e. The van der Waals surface area contributed by atoms with Crippen molar-refractivity contribution in [2.24, 2.45) is 0 Å². The first-order chi connectivity index (χ1) is 6.63. The van der Waals surface area contributed by atoms with Gasteiger partial charge in [-0.05, 0) is 24.1 Å². The molecule has 1 aromatic rings. The molecule has 0 aromatic heterocycles. The van der Waals surface area contributed by atoms with E-state index in [1.165, 1.54) is 11.6 Å². The molecule has 14 heavy (non-hydrogen) atoms. The minimum atomic E-state index is -0.458. The summed E-state index contributed by atoms with van der Waals surface area (Å²) in [6.07, 6.45) is 2.99. The third kappa shape index (κ3) is 2.70. The van der Waals surface area contributed by atoms with E-state index in [4.69, 9.17) is 0 Å². The van der Waals surface area contributed by atoms with Crippen molar-refractivity contribution in [1.29, 1.82) is 0 Å². The molecule has 0 nitrogen and oxygen atoms in total. The predicted molar refractivity (Wildman–Crippen MR) is 59.6 cm³/mol. The highest BCUT2D eigenvalue weighted by Crippen LogP contribution is 2.18. The van der Waals surface area contributed by atoms with Crippen LogP contribution >= 0.6 is 0 Å². The molecule has 0 atom stereocenters. The van der Waals surface area contributed by atoms with Crippen LogP contribution in [0.5, 0.6) is 0 Å². The van der Waals surface area contributed by atoms with Crippen molar-refractivity contribution in [2.45, 2.75) is 6.92 Å². The average Bonchev–Trinajstić information content (AvgIpc) is 2.15. The Morgan fingerprint density at radius 3 is 2.29 bits per heavy atom. The molecule has 0 radical (unpaired) electrons. The quantitative estimate of drug-likeness (QED) is 0.628. The molecule has 0 aliphatic heterocycles. The Bertz CT molecular complexity index is 369. The van der Waals surface area contributed by atoms with Crippen LogP contribution in [0.2, 0.25) is 0 Å². The number of benzene rings is 1. The topological polar surface area (TPSA) is 0 Å². The molecule has 72 valence electrons. The van der Waals surface area contributed by atoms with E-state index in [0.717, 1.165) is 11.1 Å². The van der Waals surface area contributed by atoms with Crippen LogP contribution in [0.4, 0.5) is 4.39 Å². The Balaban J connectivity index is 3.07. The number of hydrogen-bond acceptors (Lipinski definition) is 0. The van der Waals surface area contributed by atoms with Gasteiger partial charge in [-0.15, -0.1) is 0 Å². The van der Waals surface area contributed by atoms with Gasteiger partial charge >= 0.3 is 0 Å². The lowest BCUT2D eigenvalue weighted by Gasteiger charge is -2.02. The summed E-state index contributed by atoms with van der Waals surface area (Å²) >= 11 is 0. The standard InChI is InChI=1S/C13H13F/c1-4-12(9-11(3)14)13-7-5-10(2)6-8-13/h4-9H,1,3H2,2H3/b12-9+. The van der Waals surface area contributed by atoms with E-state index >= 15 is 0 Å². The van der Waals surface area contributed by atoms with Gasteiger partial charge in [0.15, 0.2) is 0 Å². The Labute approximate surface area is 84.1 Å². The van der Waals surface area contributed by atoms with Gasteiger partial charge in [-0.3, -0.25) is 0 Å². The van der Waals surface area contributed by atoms with Crippen molar-refractivity contribution >= 4 is 5.57 Å². The van der Waals surface area contributed by atoms with Crippen LogP contribution < -0.4 is 0 Å². The van der Waals surface area contributed by atoms with E-state index in [0.29, 0.717) is 0 Å². The van der Waals surface area contributed by atoms with E-state index in [9.17, 15) is 4.39 Å². The summed E-state index contributed by atoms with van der Waals surface area (Å²) in [5.41, 5.74) is 2.87. The highest BCUT2D eigenvalue weighted by Gasteiger charge is 1.97. The molecule has 0 N–H and O–H groups in total. The van der Waals surface area contributed by atoms with Crippen molar-refractivity contribution in [1.82, 2.24) is 0 Å². The van der Waals surface area contributed by atoms with Gasteiger partial charge in [-0.1, -0.05) is 49.1 Å². The minimum Gasteiger partial charge on any atom is -0.208 e. The fourth-order valence-electron chi connectivity index (χ4n) is 1.17. The highest BCUT2D eigenvalue weighted by molar-refractivity contribution is 5.75. The van der Waals surface area contributed by atoms with E-state index in [1.807, 2.05) is 31.2 Å². The molecule has 0 amide bonds. The van der Waals surface area contributed by atoms with Gasteiger partial charge in [0.05, 0.1) is 0 Å². The van der Waals surface area contributed by atoms with Gasteiger partial charge in [0, 0.05) is 0 Å². The summed E-state index contributed by atoms with van der Waals surface area (Å²) in [4.78, 5) is 0. The molecule has 0 fully saturated rings. The molecule has 0 saturated heterocycles. The molecular formula is C13H13F. The Hall–Kier alpha value is -1.63. The van der Waals surface area contributed by atoms with Crippen LogP contribution in [0.15, 0.2) is 55.4 Å². The van der Waals surface area contributed by atoms with Crippen molar-refractivity contribution in [2.75, 3.05) is 0 Å². The van der Waals surface area contributed by atoms with E-state index in [-0.39, 0.29) is 0 Å². The lowest BCUT2D eigenvalue weighted by atomic mass is 10.0. The largest absolute Gasteiger partial charge is 0.208 e. The SMILES string of the molecule is C=C/C(=C\C(=C)F)c1ccc(C)cc1. The molecule has 0 bridgehead atoms. The summed E-state index contributed by atoms with van der Waals surface area (Å²) in [6, 6.07) is 7.83. The first-order valence-electron chi connectivity index (χ1n) is 4.39. The molecule has 0 spiro atoms. The van der Waals surface area contributed by atoms with Crippen LogP contribution in [0.3, 0.4) is 0 Å². The maximum absolute atomic E-state index is 12.6. The summed E-state index contributed by atoms with van der Waals surface area (Å²) < 4.78 is 12.6. The van der Waals surface area contributed by atoms with Crippen molar-refractivity contribution in [3.05, 3.63) is 66.5 Å². The van der Waals surface area contributed by atoms with Gasteiger partial charge in [-0.2, -0.15) is 0 Å². The Kier molecular flexibility index (Phi) is 3.41.